The maximum absolute atomic E-state index is 13.7. The Morgan fingerprint density at radius 1 is 1.16 bits per heavy atom. The fraction of sp³-hybridized carbons (Fsp3) is 0.316. The maximum atomic E-state index is 13.7. The van der Waals surface area contributed by atoms with Crippen molar-refractivity contribution in [2.75, 3.05) is 20.1 Å². The van der Waals surface area contributed by atoms with Crippen molar-refractivity contribution < 1.29 is 13.9 Å². The van der Waals surface area contributed by atoms with Crippen molar-refractivity contribution in [3.05, 3.63) is 71.3 Å². The number of hydrogen-bond acceptors (Lipinski definition) is 2. The predicted octanol–water partition coefficient (Wildman–Crippen LogP) is 3.10. The zero-order valence-electron chi connectivity index (χ0n) is 14.4. The van der Waals surface area contributed by atoms with Crippen molar-refractivity contribution in [3.8, 4) is 0 Å². The second kappa shape index (κ2) is 9.13. The van der Waals surface area contributed by atoms with E-state index in [1.165, 1.54) is 18.2 Å². The first-order chi connectivity index (χ1) is 12.0. The van der Waals surface area contributed by atoms with E-state index in [9.17, 15) is 13.9 Å². The van der Waals surface area contributed by atoms with Gasteiger partial charge in [0, 0.05) is 25.7 Å². The molecular formula is C19H23F2N3O. The summed E-state index contributed by atoms with van der Waals surface area (Å²) in [5.74, 6) is -0.142. The van der Waals surface area contributed by atoms with E-state index in [4.69, 9.17) is 0 Å². The van der Waals surface area contributed by atoms with Crippen molar-refractivity contribution in [2.24, 2.45) is 4.99 Å². The highest BCUT2D eigenvalue weighted by atomic mass is 19.1. The van der Waals surface area contributed by atoms with Gasteiger partial charge in [-0.25, -0.2) is 8.78 Å². The number of aliphatic imine (C=N–C) groups is 1. The number of aliphatic hydroxyl groups is 1. The van der Waals surface area contributed by atoms with E-state index < -0.39 is 11.9 Å². The van der Waals surface area contributed by atoms with Crippen molar-refractivity contribution in [2.45, 2.75) is 19.6 Å². The van der Waals surface area contributed by atoms with Gasteiger partial charge in [0.1, 0.15) is 17.7 Å². The smallest absolute Gasteiger partial charge is 0.194 e. The lowest BCUT2D eigenvalue weighted by atomic mass is 10.1. The van der Waals surface area contributed by atoms with Crippen LogP contribution in [0.1, 0.15) is 24.2 Å². The first kappa shape index (κ1) is 18.9. The molecule has 0 aliphatic heterocycles. The van der Waals surface area contributed by atoms with Crippen LogP contribution in [-0.4, -0.2) is 36.1 Å². The molecule has 0 saturated heterocycles. The molecule has 0 aliphatic carbocycles. The number of halogens is 2. The van der Waals surface area contributed by atoms with E-state index in [1.807, 2.05) is 18.9 Å². The first-order valence-electron chi connectivity index (χ1n) is 8.17. The zero-order chi connectivity index (χ0) is 18.2. The lowest BCUT2D eigenvalue weighted by Crippen LogP contribution is -2.38. The summed E-state index contributed by atoms with van der Waals surface area (Å²) in [7, 11) is 1.85. The summed E-state index contributed by atoms with van der Waals surface area (Å²) in [6.07, 6.45) is -1.02. The molecule has 4 nitrogen and oxygen atoms in total. The Kier molecular flexibility index (Phi) is 6.89. The molecule has 134 valence electrons. The van der Waals surface area contributed by atoms with Crippen LogP contribution >= 0.6 is 0 Å². The van der Waals surface area contributed by atoms with Crippen LogP contribution < -0.4 is 5.32 Å². The third-order valence-electron chi connectivity index (χ3n) is 3.71. The van der Waals surface area contributed by atoms with E-state index in [-0.39, 0.29) is 17.9 Å². The molecule has 0 bridgehead atoms. The van der Waals surface area contributed by atoms with Gasteiger partial charge in [-0.1, -0.05) is 30.3 Å². The molecular weight excluding hydrogens is 324 g/mol. The number of rotatable bonds is 6. The lowest BCUT2D eigenvalue weighted by Gasteiger charge is -2.22. The molecule has 0 aromatic heterocycles. The first-order valence-corrected chi connectivity index (χ1v) is 8.17. The second-order valence-electron chi connectivity index (χ2n) is 5.71. The average Bonchev–Trinajstić information content (AvgIpc) is 2.60. The van der Waals surface area contributed by atoms with Gasteiger partial charge < -0.3 is 15.3 Å². The predicted molar refractivity (Wildman–Crippen MR) is 95.2 cm³/mol. The van der Waals surface area contributed by atoms with Gasteiger partial charge in [-0.15, -0.1) is 0 Å². The number of hydrogen-bond donors (Lipinski definition) is 2. The Labute approximate surface area is 146 Å². The van der Waals surface area contributed by atoms with Gasteiger partial charge in [0.2, 0.25) is 0 Å². The summed E-state index contributed by atoms with van der Waals surface area (Å²) < 4.78 is 26.7. The maximum Gasteiger partial charge on any atom is 0.194 e. The van der Waals surface area contributed by atoms with Crippen LogP contribution in [0.4, 0.5) is 8.78 Å². The summed E-state index contributed by atoms with van der Waals surface area (Å²) in [4.78, 5) is 6.25. The number of aliphatic hydroxyl groups excluding tert-OH is 1. The summed E-state index contributed by atoms with van der Waals surface area (Å²) >= 11 is 0. The molecule has 0 saturated carbocycles. The van der Waals surface area contributed by atoms with E-state index in [0.717, 1.165) is 5.56 Å². The molecule has 1 unspecified atom stereocenters. The Hall–Kier alpha value is -2.47. The standard InChI is InChI=1S/C19H23F2N3O/c1-3-22-19(24(2)13-14-8-10-15(20)11-9-14)23-12-18(25)16-6-4-5-7-17(16)21/h4-11,18,25H,3,12-13H2,1-2H3,(H,22,23). The lowest BCUT2D eigenvalue weighted by molar-refractivity contribution is 0.181. The van der Waals surface area contributed by atoms with Crippen LogP contribution in [0, 0.1) is 11.6 Å². The van der Waals surface area contributed by atoms with Crippen LogP contribution in [0.2, 0.25) is 0 Å². The van der Waals surface area contributed by atoms with Crippen LogP contribution in [-0.2, 0) is 6.54 Å². The van der Waals surface area contributed by atoms with Crippen molar-refractivity contribution in [1.29, 1.82) is 0 Å². The minimum absolute atomic E-state index is 0.0387. The fourth-order valence-corrected chi connectivity index (χ4v) is 2.42. The SMILES string of the molecule is CCNC(=NCC(O)c1ccccc1F)N(C)Cc1ccc(F)cc1. The molecule has 0 spiro atoms. The Morgan fingerprint density at radius 2 is 1.84 bits per heavy atom. The third-order valence-corrected chi connectivity index (χ3v) is 3.71. The molecule has 2 aromatic rings. The highest BCUT2D eigenvalue weighted by Gasteiger charge is 2.13. The molecule has 0 aliphatic rings. The van der Waals surface area contributed by atoms with Crippen LogP contribution in [0.3, 0.4) is 0 Å². The topological polar surface area (TPSA) is 47.9 Å². The minimum atomic E-state index is -1.02. The Bertz CT molecular complexity index is 704. The third kappa shape index (κ3) is 5.53. The van der Waals surface area contributed by atoms with E-state index in [2.05, 4.69) is 10.3 Å². The molecule has 1 atom stereocenters. The van der Waals surface area contributed by atoms with Gasteiger partial charge in [0.25, 0.3) is 0 Å². The van der Waals surface area contributed by atoms with Gasteiger partial charge in [-0.3, -0.25) is 4.99 Å². The normalized spacial score (nSPS) is 12.8. The van der Waals surface area contributed by atoms with Crippen molar-refractivity contribution in [3.63, 3.8) is 0 Å². The molecule has 2 N–H and O–H groups in total. The monoisotopic (exact) mass is 347 g/mol. The largest absolute Gasteiger partial charge is 0.386 e. The average molecular weight is 347 g/mol. The highest BCUT2D eigenvalue weighted by molar-refractivity contribution is 5.79. The van der Waals surface area contributed by atoms with Gasteiger partial charge >= 0.3 is 0 Å². The highest BCUT2D eigenvalue weighted by Crippen LogP contribution is 2.17. The molecule has 2 rings (SSSR count). The van der Waals surface area contributed by atoms with E-state index >= 15 is 0 Å². The van der Waals surface area contributed by atoms with Crippen LogP contribution in [0.25, 0.3) is 0 Å². The minimum Gasteiger partial charge on any atom is -0.386 e. The van der Waals surface area contributed by atoms with Gasteiger partial charge in [0.05, 0.1) is 6.54 Å². The van der Waals surface area contributed by atoms with Gasteiger partial charge in [-0.2, -0.15) is 0 Å². The zero-order valence-corrected chi connectivity index (χ0v) is 14.4. The quantitative estimate of drug-likeness (QED) is 0.624. The van der Waals surface area contributed by atoms with E-state index in [1.54, 1.807) is 30.3 Å². The summed E-state index contributed by atoms with van der Waals surface area (Å²) in [6.45, 7) is 3.16. The van der Waals surface area contributed by atoms with E-state index in [0.29, 0.717) is 19.0 Å². The fourth-order valence-electron chi connectivity index (χ4n) is 2.42. The molecule has 6 heteroatoms. The Balaban J connectivity index is 2.06. The molecule has 0 radical (unpaired) electrons. The number of guanidine groups is 1. The second-order valence-corrected chi connectivity index (χ2v) is 5.71. The van der Waals surface area contributed by atoms with Crippen LogP contribution in [0.15, 0.2) is 53.5 Å². The summed E-state index contributed by atoms with van der Waals surface area (Å²) in [6, 6.07) is 12.4. The van der Waals surface area contributed by atoms with Crippen molar-refractivity contribution >= 4 is 5.96 Å². The Morgan fingerprint density at radius 3 is 2.48 bits per heavy atom. The molecule has 0 heterocycles. The molecule has 0 amide bonds. The summed E-state index contributed by atoms with van der Waals surface area (Å²) in [5, 5.41) is 13.3. The number of benzene rings is 2. The molecule has 0 fully saturated rings. The van der Waals surface area contributed by atoms with Crippen molar-refractivity contribution in [1.82, 2.24) is 10.2 Å². The molecule has 25 heavy (non-hydrogen) atoms. The molecule has 2 aromatic carbocycles. The van der Waals surface area contributed by atoms with Gasteiger partial charge in [0.15, 0.2) is 5.96 Å². The van der Waals surface area contributed by atoms with Gasteiger partial charge in [-0.05, 0) is 30.7 Å². The summed E-state index contributed by atoms with van der Waals surface area (Å²) in [5.41, 5.74) is 1.16. The van der Waals surface area contributed by atoms with Crippen LogP contribution in [0.5, 0.6) is 0 Å². The number of nitrogens with one attached hydrogen (secondary N) is 1. The number of nitrogens with zero attached hydrogens (tertiary/aromatic N) is 2.